The Morgan fingerprint density at radius 2 is 1.71 bits per heavy atom. The lowest BCUT2D eigenvalue weighted by Crippen LogP contribution is -2.53. The molecule has 5 rings (SSSR count). The molecule has 3 atom stereocenters. The summed E-state index contributed by atoms with van der Waals surface area (Å²) >= 11 is 6.58. The van der Waals surface area contributed by atoms with Crippen LogP contribution in [0.25, 0.3) is 0 Å². The third-order valence-corrected chi connectivity index (χ3v) is 8.14. The first-order chi connectivity index (χ1) is 16.7. The number of hydrogen-bond acceptors (Lipinski definition) is 6. The maximum absolute atomic E-state index is 12.9. The topological polar surface area (TPSA) is 105 Å². The van der Waals surface area contributed by atoms with Crippen molar-refractivity contribution in [3.8, 4) is 0 Å². The summed E-state index contributed by atoms with van der Waals surface area (Å²) in [6.45, 7) is 5.16. The van der Waals surface area contributed by atoms with Crippen molar-refractivity contribution >= 4 is 35.4 Å². The van der Waals surface area contributed by atoms with E-state index in [1.54, 1.807) is 6.07 Å². The third kappa shape index (κ3) is 4.50. The second-order valence-corrected chi connectivity index (χ2v) is 10.4. The number of imide groups is 1. The van der Waals surface area contributed by atoms with Gasteiger partial charge < -0.3 is 14.9 Å². The maximum atomic E-state index is 12.9. The summed E-state index contributed by atoms with van der Waals surface area (Å²) in [5, 5.41) is 10.2. The van der Waals surface area contributed by atoms with Gasteiger partial charge in [-0.1, -0.05) is 17.7 Å². The zero-order chi connectivity index (χ0) is 24.9. The highest BCUT2D eigenvalue weighted by Crippen LogP contribution is 2.40. The van der Waals surface area contributed by atoms with Gasteiger partial charge in [-0.25, -0.2) is 4.79 Å². The van der Waals surface area contributed by atoms with Crippen LogP contribution in [-0.2, 0) is 16.1 Å². The first-order valence-electron chi connectivity index (χ1n) is 12.1. The highest BCUT2D eigenvalue weighted by molar-refractivity contribution is 6.31. The molecule has 4 amide bonds. The predicted molar refractivity (Wildman–Crippen MR) is 127 cm³/mol. The van der Waals surface area contributed by atoms with Crippen LogP contribution in [-0.4, -0.2) is 112 Å². The largest absolute Gasteiger partial charge is 0.465 e. The van der Waals surface area contributed by atoms with E-state index in [9.17, 15) is 24.3 Å². The quantitative estimate of drug-likeness (QED) is 0.616. The van der Waals surface area contributed by atoms with Gasteiger partial charge in [-0.3, -0.25) is 29.1 Å². The lowest BCUT2D eigenvalue weighted by Gasteiger charge is -2.33. The lowest BCUT2D eigenvalue weighted by atomic mass is 9.97. The number of fused-ring (bicyclic) bond motifs is 1. The summed E-state index contributed by atoms with van der Waals surface area (Å²) in [6.07, 6.45) is -1.58. The molecule has 4 aliphatic heterocycles. The number of carboxylic acid groups (broad SMARTS) is 1. The van der Waals surface area contributed by atoms with Crippen LogP contribution in [0.2, 0.25) is 5.02 Å². The number of amides is 4. The van der Waals surface area contributed by atoms with Crippen molar-refractivity contribution in [3.63, 3.8) is 0 Å². The van der Waals surface area contributed by atoms with E-state index in [1.165, 1.54) is 9.80 Å². The average Bonchev–Trinajstić information content (AvgIpc) is 3.47. The van der Waals surface area contributed by atoms with Crippen LogP contribution in [0, 0.1) is 11.8 Å². The predicted octanol–water partition coefficient (Wildman–Crippen LogP) is 1.24. The van der Waals surface area contributed by atoms with E-state index in [1.807, 2.05) is 24.1 Å². The maximum Gasteiger partial charge on any atom is 0.408 e. The number of likely N-dealkylation sites (N-methyl/N-ethyl adjacent to an activating group) is 1. The van der Waals surface area contributed by atoms with E-state index >= 15 is 0 Å². The number of piperazine rings is 1. The van der Waals surface area contributed by atoms with Gasteiger partial charge in [0.25, 0.3) is 5.91 Å². The molecular formula is C24H30ClN5O5. The fourth-order valence-corrected chi connectivity index (χ4v) is 6.13. The normalized spacial score (nSPS) is 27.7. The van der Waals surface area contributed by atoms with Gasteiger partial charge in [-0.15, -0.1) is 0 Å². The van der Waals surface area contributed by atoms with E-state index < -0.39 is 12.3 Å². The van der Waals surface area contributed by atoms with Crippen molar-refractivity contribution < 1.29 is 24.3 Å². The van der Waals surface area contributed by atoms with Crippen LogP contribution in [0.5, 0.6) is 0 Å². The van der Waals surface area contributed by atoms with Crippen LogP contribution >= 0.6 is 11.6 Å². The Morgan fingerprint density at radius 1 is 1.03 bits per heavy atom. The molecule has 0 aliphatic carbocycles. The van der Waals surface area contributed by atoms with Crippen LogP contribution in [0.1, 0.15) is 28.8 Å². The Hall–Kier alpha value is -2.69. The third-order valence-electron chi connectivity index (χ3n) is 7.79. The molecule has 4 aliphatic rings. The molecule has 188 valence electrons. The first-order valence-corrected chi connectivity index (χ1v) is 12.4. The SMILES string of the molecule is CN1CCN(C(=O)c2ccc(CN3CC4CN(C(=O)O)C(N5C(=O)CCC5=O)C4C3)c(Cl)c2)CC1. The van der Waals surface area contributed by atoms with Crippen LogP contribution in [0.3, 0.4) is 0 Å². The Balaban J connectivity index is 1.27. The summed E-state index contributed by atoms with van der Waals surface area (Å²) in [6, 6.07) is 5.43. The molecule has 1 aromatic carbocycles. The van der Waals surface area contributed by atoms with Crippen molar-refractivity contribution in [2.75, 3.05) is 52.9 Å². The first kappa shape index (κ1) is 24.0. The molecule has 0 bridgehead atoms. The Morgan fingerprint density at radius 3 is 2.34 bits per heavy atom. The molecule has 0 radical (unpaired) electrons. The molecule has 1 N–H and O–H groups in total. The minimum Gasteiger partial charge on any atom is -0.465 e. The van der Waals surface area contributed by atoms with E-state index in [4.69, 9.17) is 11.6 Å². The highest BCUT2D eigenvalue weighted by Gasteiger charge is 2.54. The van der Waals surface area contributed by atoms with Crippen molar-refractivity contribution in [1.82, 2.24) is 24.5 Å². The number of halogens is 1. The highest BCUT2D eigenvalue weighted by atomic mass is 35.5. The standard InChI is InChI=1S/C24H30ClN5O5/c1-26-6-8-28(9-7-26)23(33)15-2-3-16(19(25)10-15)11-27-12-17-13-29(24(34)35)22(18(17)14-27)30-20(31)4-5-21(30)32/h2-3,10,17-18,22H,4-9,11-14H2,1H3,(H,34,35). The number of likely N-dealkylation sites (tertiary alicyclic amines) is 3. The van der Waals surface area contributed by atoms with E-state index in [2.05, 4.69) is 9.80 Å². The molecule has 4 fully saturated rings. The zero-order valence-electron chi connectivity index (χ0n) is 19.7. The molecule has 3 unspecified atom stereocenters. The average molecular weight is 504 g/mol. The zero-order valence-corrected chi connectivity index (χ0v) is 20.5. The summed E-state index contributed by atoms with van der Waals surface area (Å²) < 4.78 is 0. The second-order valence-electron chi connectivity index (χ2n) is 10.0. The Kier molecular flexibility index (Phi) is 6.45. The van der Waals surface area contributed by atoms with Crippen LogP contribution in [0.15, 0.2) is 18.2 Å². The molecule has 11 heteroatoms. The van der Waals surface area contributed by atoms with Gasteiger partial charge in [0.2, 0.25) is 11.8 Å². The van der Waals surface area contributed by atoms with Gasteiger partial charge in [0.1, 0.15) is 6.17 Å². The van der Waals surface area contributed by atoms with Crippen LogP contribution in [0.4, 0.5) is 4.79 Å². The van der Waals surface area contributed by atoms with Gasteiger partial charge in [-0.05, 0) is 30.7 Å². The monoisotopic (exact) mass is 503 g/mol. The smallest absolute Gasteiger partial charge is 0.408 e. The summed E-state index contributed by atoms with van der Waals surface area (Å²) in [7, 11) is 2.04. The van der Waals surface area contributed by atoms with Gasteiger partial charge in [0.05, 0.1) is 0 Å². The fraction of sp³-hybridized carbons (Fsp3) is 0.583. The van der Waals surface area contributed by atoms with Crippen LogP contribution < -0.4 is 0 Å². The van der Waals surface area contributed by atoms with Gasteiger partial charge >= 0.3 is 6.09 Å². The summed E-state index contributed by atoms with van der Waals surface area (Å²) in [5.74, 6) is -0.704. The molecule has 10 nitrogen and oxygen atoms in total. The molecule has 0 spiro atoms. The number of nitrogens with zero attached hydrogens (tertiary/aromatic N) is 5. The van der Waals surface area contributed by atoms with Crippen molar-refractivity contribution in [2.45, 2.75) is 25.6 Å². The molecule has 1 aromatic rings. The van der Waals surface area contributed by atoms with Crippen molar-refractivity contribution in [2.24, 2.45) is 11.8 Å². The molecule has 0 saturated carbocycles. The number of benzene rings is 1. The number of carbonyl (C=O) groups is 4. The minimum absolute atomic E-state index is 0.0150. The number of carbonyl (C=O) groups excluding carboxylic acids is 3. The molecule has 4 heterocycles. The van der Waals surface area contributed by atoms with E-state index in [0.717, 1.165) is 18.7 Å². The van der Waals surface area contributed by atoms with E-state index in [0.29, 0.717) is 49.9 Å². The molecule has 0 aromatic heterocycles. The minimum atomic E-state index is -1.10. The fourth-order valence-electron chi connectivity index (χ4n) is 5.89. The number of hydrogen-bond donors (Lipinski definition) is 1. The van der Waals surface area contributed by atoms with Gasteiger partial charge in [0.15, 0.2) is 0 Å². The number of rotatable bonds is 4. The summed E-state index contributed by atoms with van der Waals surface area (Å²) in [4.78, 5) is 58.2. The molecular weight excluding hydrogens is 474 g/mol. The van der Waals surface area contributed by atoms with Gasteiger partial charge in [0, 0.05) is 81.7 Å². The summed E-state index contributed by atoms with van der Waals surface area (Å²) in [5.41, 5.74) is 1.46. The molecule has 4 saturated heterocycles. The Labute approximate surface area is 209 Å². The Bertz CT molecular complexity index is 1040. The van der Waals surface area contributed by atoms with Crippen molar-refractivity contribution in [1.29, 1.82) is 0 Å². The van der Waals surface area contributed by atoms with Gasteiger partial charge in [-0.2, -0.15) is 0 Å². The van der Waals surface area contributed by atoms with E-state index in [-0.39, 0.29) is 42.4 Å². The second kappa shape index (κ2) is 9.40. The van der Waals surface area contributed by atoms with Crippen molar-refractivity contribution in [3.05, 3.63) is 34.3 Å². The molecule has 35 heavy (non-hydrogen) atoms. The lowest BCUT2D eigenvalue weighted by molar-refractivity contribution is -0.145.